The van der Waals surface area contributed by atoms with Gasteiger partial charge in [-0.15, -0.1) is 0 Å². The van der Waals surface area contributed by atoms with Gasteiger partial charge in [0.2, 0.25) is 5.95 Å². The van der Waals surface area contributed by atoms with Crippen LogP contribution in [0.4, 0.5) is 11.8 Å². The maximum atomic E-state index is 4.97. The van der Waals surface area contributed by atoms with Crippen LogP contribution < -0.4 is 10.6 Å². The number of methoxy groups -OCH3 is 1. The summed E-state index contributed by atoms with van der Waals surface area (Å²) in [6, 6.07) is 2.37. The Morgan fingerprint density at radius 1 is 1.41 bits per heavy atom. The summed E-state index contributed by atoms with van der Waals surface area (Å²) in [5.41, 5.74) is 0.950. The zero-order valence-corrected chi connectivity index (χ0v) is 11.1. The van der Waals surface area contributed by atoms with Crippen LogP contribution in [0.5, 0.6) is 0 Å². The van der Waals surface area contributed by atoms with Gasteiger partial charge in [-0.1, -0.05) is 6.92 Å². The Morgan fingerprint density at radius 3 is 2.82 bits per heavy atom. The number of rotatable bonds is 7. The average molecular weight is 238 g/mol. The zero-order chi connectivity index (χ0) is 12.7. The van der Waals surface area contributed by atoms with Crippen molar-refractivity contribution < 1.29 is 4.74 Å². The van der Waals surface area contributed by atoms with Gasteiger partial charge in [0, 0.05) is 31.5 Å². The lowest BCUT2D eigenvalue weighted by atomic mass is 10.2. The number of aromatic nitrogens is 2. The van der Waals surface area contributed by atoms with Gasteiger partial charge >= 0.3 is 0 Å². The molecular formula is C12H22N4O. The molecule has 1 unspecified atom stereocenters. The molecule has 1 aromatic heterocycles. The number of hydrogen-bond donors (Lipinski definition) is 2. The summed E-state index contributed by atoms with van der Waals surface area (Å²) in [6.45, 7) is 7.60. The number of anilines is 2. The quantitative estimate of drug-likeness (QED) is 0.712. The maximum Gasteiger partial charge on any atom is 0.224 e. The fourth-order valence-electron chi connectivity index (χ4n) is 1.34. The molecular weight excluding hydrogens is 216 g/mol. The standard InChI is InChI=1S/C12H22N4O/c1-5-9(2)14-11-8-10(3)15-12(16-11)13-6-7-17-4/h8-9H,5-7H2,1-4H3,(H2,13,14,15,16). The maximum absolute atomic E-state index is 4.97. The van der Waals surface area contributed by atoms with Crippen LogP contribution in [0.2, 0.25) is 0 Å². The smallest absolute Gasteiger partial charge is 0.224 e. The van der Waals surface area contributed by atoms with Crippen LogP contribution in [0.1, 0.15) is 26.0 Å². The SMILES string of the molecule is CCC(C)Nc1cc(C)nc(NCCOC)n1. The largest absolute Gasteiger partial charge is 0.383 e. The van der Waals surface area contributed by atoms with Gasteiger partial charge in [-0.05, 0) is 20.3 Å². The minimum Gasteiger partial charge on any atom is -0.383 e. The van der Waals surface area contributed by atoms with Gasteiger partial charge in [-0.2, -0.15) is 4.98 Å². The van der Waals surface area contributed by atoms with Crippen LogP contribution in [-0.2, 0) is 4.74 Å². The van der Waals surface area contributed by atoms with Crippen molar-refractivity contribution in [2.24, 2.45) is 0 Å². The third kappa shape index (κ3) is 4.99. The first-order chi connectivity index (χ1) is 8.15. The molecule has 1 rings (SSSR count). The summed E-state index contributed by atoms with van der Waals surface area (Å²) in [7, 11) is 1.68. The normalized spacial score (nSPS) is 12.2. The van der Waals surface area contributed by atoms with E-state index in [1.165, 1.54) is 0 Å². The van der Waals surface area contributed by atoms with E-state index in [2.05, 4.69) is 34.4 Å². The van der Waals surface area contributed by atoms with Crippen LogP contribution in [0, 0.1) is 6.92 Å². The molecule has 0 radical (unpaired) electrons. The Kier molecular flexibility index (Phi) is 5.69. The van der Waals surface area contributed by atoms with E-state index in [9.17, 15) is 0 Å². The third-order valence-electron chi connectivity index (χ3n) is 2.45. The highest BCUT2D eigenvalue weighted by atomic mass is 16.5. The van der Waals surface area contributed by atoms with Crippen molar-refractivity contribution in [2.75, 3.05) is 30.9 Å². The lowest BCUT2D eigenvalue weighted by Crippen LogP contribution is -2.16. The van der Waals surface area contributed by atoms with Crippen LogP contribution in [-0.4, -0.2) is 36.3 Å². The summed E-state index contributed by atoms with van der Waals surface area (Å²) in [5, 5.41) is 6.47. The fourth-order valence-corrected chi connectivity index (χ4v) is 1.34. The predicted octanol–water partition coefficient (Wildman–Crippen LogP) is 2.05. The summed E-state index contributed by atoms with van der Waals surface area (Å²) >= 11 is 0. The molecule has 1 heterocycles. The Bertz CT molecular complexity index is 343. The van der Waals surface area contributed by atoms with Crippen LogP contribution >= 0.6 is 0 Å². The fraction of sp³-hybridized carbons (Fsp3) is 0.667. The Hall–Kier alpha value is -1.36. The molecule has 0 aliphatic rings. The summed E-state index contributed by atoms with van der Waals surface area (Å²) in [5.74, 6) is 1.51. The van der Waals surface area contributed by atoms with E-state index < -0.39 is 0 Å². The Balaban J connectivity index is 2.65. The molecule has 96 valence electrons. The molecule has 0 spiro atoms. The molecule has 0 saturated heterocycles. The van der Waals surface area contributed by atoms with Gasteiger partial charge in [0.05, 0.1) is 6.61 Å². The van der Waals surface area contributed by atoms with E-state index in [0.29, 0.717) is 25.1 Å². The number of nitrogens with zero attached hydrogens (tertiary/aromatic N) is 2. The molecule has 0 bridgehead atoms. The first-order valence-corrected chi connectivity index (χ1v) is 6.00. The molecule has 2 N–H and O–H groups in total. The minimum atomic E-state index is 0.413. The number of hydrogen-bond acceptors (Lipinski definition) is 5. The highest BCUT2D eigenvalue weighted by molar-refractivity contribution is 5.42. The summed E-state index contributed by atoms with van der Waals surface area (Å²) < 4.78 is 4.97. The van der Waals surface area contributed by atoms with Crippen molar-refractivity contribution in [1.29, 1.82) is 0 Å². The molecule has 0 fully saturated rings. The van der Waals surface area contributed by atoms with Crippen molar-refractivity contribution in [2.45, 2.75) is 33.2 Å². The Labute approximate surface area is 103 Å². The van der Waals surface area contributed by atoms with Crippen molar-refractivity contribution in [3.63, 3.8) is 0 Å². The van der Waals surface area contributed by atoms with E-state index in [1.807, 2.05) is 13.0 Å². The van der Waals surface area contributed by atoms with Crippen LogP contribution in [0.25, 0.3) is 0 Å². The Morgan fingerprint density at radius 2 is 2.18 bits per heavy atom. The molecule has 17 heavy (non-hydrogen) atoms. The second-order valence-corrected chi connectivity index (χ2v) is 4.09. The van der Waals surface area contributed by atoms with Gasteiger partial charge in [-0.3, -0.25) is 0 Å². The van der Waals surface area contributed by atoms with E-state index >= 15 is 0 Å². The molecule has 1 aromatic rings. The summed E-state index contributed by atoms with van der Waals surface area (Å²) in [6.07, 6.45) is 1.06. The predicted molar refractivity (Wildman–Crippen MR) is 70.5 cm³/mol. The molecule has 1 atom stereocenters. The van der Waals surface area contributed by atoms with E-state index in [-0.39, 0.29) is 0 Å². The van der Waals surface area contributed by atoms with Crippen LogP contribution in [0.3, 0.4) is 0 Å². The molecule has 0 amide bonds. The molecule has 0 aliphatic heterocycles. The highest BCUT2D eigenvalue weighted by Crippen LogP contribution is 2.11. The van der Waals surface area contributed by atoms with Gasteiger partial charge in [-0.25, -0.2) is 4.98 Å². The van der Waals surface area contributed by atoms with E-state index in [1.54, 1.807) is 7.11 Å². The van der Waals surface area contributed by atoms with Crippen molar-refractivity contribution in [3.8, 4) is 0 Å². The first-order valence-electron chi connectivity index (χ1n) is 6.00. The average Bonchev–Trinajstić information content (AvgIpc) is 2.28. The molecule has 5 nitrogen and oxygen atoms in total. The number of ether oxygens (including phenoxy) is 1. The molecule has 0 aliphatic carbocycles. The second kappa shape index (κ2) is 7.06. The summed E-state index contributed by atoms with van der Waals surface area (Å²) in [4.78, 5) is 8.73. The molecule has 0 aromatic carbocycles. The zero-order valence-electron chi connectivity index (χ0n) is 11.1. The first kappa shape index (κ1) is 13.7. The van der Waals surface area contributed by atoms with E-state index in [4.69, 9.17) is 4.74 Å². The number of aryl methyl sites for hydroxylation is 1. The molecule has 0 saturated carbocycles. The van der Waals surface area contributed by atoms with Crippen molar-refractivity contribution in [3.05, 3.63) is 11.8 Å². The second-order valence-electron chi connectivity index (χ2n) is 4.09. The lowest BCUT2D eigenvalue weighted by molar-refractivity contribution is 0.210. The topological polar surface area (TPSA) is 59.1 Å². The minimum absolute atomic E-state index is 0.413. The monoisotopic (exact) mass is 238 g/mol. The highest BCUT2D eigenvalue weighted by Gasteiger charge is 2.04. The molecule has 5 heteroatoms. The van der Waals surface area contributed by atoms with E-state index in [0.717, 1.165) is 17.9 Å². The van der Waals surface area contributed by atoms with Crippen molar-refractivity contribution >= 4 is 11.8 Å². The van der Waals surface area contributed by atoms with Gasteiger partial charge in [0.15, 0.2) is 0 Å². The van der Waals surface area contributed by atoms with Gasteiger partial charge < -0.3 is 15.4 Å². The number of nitrogens with one attached hydrogen (secondary N) is 2. The van der Waals surface area contributed by atoms with Crippen LogP contribution in [0.15, 0.2) is 6.07 Å². The van der Waals surface area contributed by atoms with Gasteiger partial charge in [0.1, 0.15) is 5.82 Å². The third-order valence-corrected chi connectivity index (χ3v) is 2.45. The lowest BCUT2D eigenvalue weighted by Gasteiger charge is -2.13. The van der Waals surface area contributed by atoms with Crippen molar-refractivity contribution in [1.82, 2.24) is 9.97 Å². The van der Waals surface area contributed by atoms with Gasteiger partial charge in [0.25, 0.3) is 0 Å².